The first-order chi connectivity index (χ1) is 9.99. The average molecular weight is 312 g/mol. The Bertz CT molecular complexity index is 584. The van der Waals surface area contributed by atoms with Crippen LogP contribution in [0.5, 0.6) is 0 Å². The van der Waals surface area contributed by atoms with Gasteiger partial charge in [-0.05, 0) is 38.6 Å². The van der Waals surface area contributed by atoms with Crippen molar-refractivity contribution in [3.63, 3.8) is 0 Å². The molecular formula is C14H24N4O2S. The smallest absolute Gasteiger partial charge is 0.257 e. The first-order valence-electron chi connectivity index (χ1n) is 7.75. The summed E-state index contributed by atoms with van der Waals surface area (Å²) in [6.45, 7) is 2.47. The van der Waals surface area contributed by atoms with Crippen molar-refractivity contribution < 1.29 is 8.42 Å². The molecule has 0 aliphatic carbocycles. The van der Waals surface area contributed by atoms with Crippen molar-refractivity contribution in [2.75, 3.05) is 13.6 Å². The second-order valence-corrected chi connectivity index (χ2v) is 8.02. The number of aryl methyl sites for hydroxylation is 1. The molecule has 2 aliphatic rings. The molecule has 21 heavy (non-hydrogen) atoms. The van der Waals surface area contributed by atoms with Gasteiger partial charge < -0.3 is 9.88 Å². The summed E-state index contributed by atoms with van der Waals surface area (Å²) >= 11 is 0. The summed E-state index contributed by atoms with van der Waals surface area (Å²) in [5, 5.41) is 0.176. The molecule has 0 spiro atoms. The van der Waals surface area contributed by atoms with Crippen LogP contribution < -0.4 is 4.72 Å². The van der Waals surface area contributed by atoms with Crippen LogP contribution in [0, 0.1) is 5.92 Å². The van der Waals surface area contributed by atoms with E-state index in [0.717, 1.165) is 12.8 Å². The van der Waals surface area contributed by atoms with Crippen molar-refractivity contribution in [2.24, 2.45) is 5.92 Å². The van der Waals surface area contributed by atoms with Gasteiger partial charge in [-0.1, -0.05) is 6.92 Å². The summed E-state index contributed by atoms with van der Waals surface area (Å²) in [4.78, 5) is 9.38. The maximum atomic E-state index is 12.3. The van der Waals surface area contributed by atoms with Gasteiger partial charge in [-0.3, -0.25) is 0 Å². The average Bonchev–Trinajstić information content (AvgIpc) is 3.00. The summed E-state index contributed by atoms with van der Waals surface area (Å²) < 4.78 is 27.3. The zero-order chi connectivity index (χ0) is 15.0. The van der Waals surface area contributed by atoms with Crippen LogP contribution in [0.4, 0.5) is 0 Å². The Hall–Kier alpha value is -0.920. The SMILES string of the molecule is CCc1ncc(S(=O)(=O)NCC2CC3CCC(C2)N3C)[nH]1. The van der Waals surface area contributed by atoms with Gasteiger partial charge in [-0.15, -0.1) is 0 Å². The quantitative estimate of drug-likeness (QED) is 0.854. The highest BCUT2D eigenvalue weighted by molar-refractivity contribution is 7.89. The zero-order valence-electron chi connectivity index (χ0n) is 12.7. The molecule has 2 atom stereocenters. The Morgan fingerprint density at radius 1 is 1.38 bits per heavy atom. The van der Waals surface area contributed by atoms with E-state index in [2.05, 4.69) is 26.6 Å². The molecule has 6 nitrogen and oxygen atoms in total. The number of aromatic nitrogens is 2. The summed E-state index contributed by atoms with van der Waals surface area (Å²) in [5.41, 5.74) is 0. The van der Waals surface area contributed by atoms with Crippen LogP contribution >= 0.6 is 0 Å². The van der Waals surface area contributed by atoms with E-state index in [1.807, 2.05) is 6.92 Å². The standard InChI is InChI=1S/C14H24N4O2S/c1-3-13-15-9-14(17-13)21(19,20)16-8-10-6-11-4-5-12(7-10)18(11)2/h9-12,16H,3-8H2,1-2H3,(H,15,17). The third-order valence-electron chi connectivity index (χ3n) is 4.99. The molecule has 0 radical (unpaired) electrons. The zero-order valence-corrected chi connectivity index (χ0v) is 13.5. The molecule has 3 heterocycles. The first-order valence-corrected chi connectivity index (χ1v) is 9.23. The number of hydrogen-bond donors (Lipinski definition) is 2. The molecule has 7 heteroatoms. The molecule has 0 aromatic carbocycles. The first kappa shape index (κ1) is 15.0. The Morgan fingerprint density at radius 3 is 2.62 bits per heavy atom. The number of sulfonamides is 1. The number of H-pyrrole nitrogens is 1. The van der Waals surface area contributed by atoms with Gasteiger partial charge in [0.15, 0.2) is 5.03 Å². The van der Waals surface area contributed by atoms with E-state index in [4.69, 9.17) is 0 Å². The predicted octanol–water partition coefficient (Wildman–Crippen LogP) is 1.12. The van der Waals surface area contributed by atoms with Crippen LogP contribution in [-0.4, -0.2) is 49.0 Å². The maximum absolute atomic E-state index is 12.3. The Labute approximate surface area is 126 Å². The summed E-state index contributed by atoms with van der Waals surface area (Å²) in [5.74, 6) is 1.15. The molecular weight excluding hydrogens is 288 g/mol. The number of imidazole rings is 1. The van der Waals surface area contributed by atoms with E-state index in [-0.39, 0.29) is 5.03 Å². The van der Waals surface area contributed by atoms with Gasteiger partial charge in [-0.2, -0.15) is 0 Å². The summed E-state index contributed by atoms with van der Waals surface area (Å²) in [6.07, 6.45) is 6.81. The molecule has 3 rings (SSSR count). The van der Waals surface area contributed by atoms with E-state index < -0.39 is 10.0 Å². The van der Waals surface area contributed by atoms with Gasteiger partial charge in [0, 0.05) is 25.0 Å². The van der Waals surface area contributed by atoms with Crippen molar-refractivity contribution in [3.8, 4) is 0 Å². The van der Waals surface area contributed by atoms with Gasteiger partial charge in [0.25, 0.3) is 10.0 Å². The highest BCUT2D eigenvalue weighted by Crippen LogP contribution is 2.37. The van der Waals surface area contributed by atoms with Crippen LogP contribution in [0.25, 0.3) is 0 Å². The number of nitrogens with zero attached hydrogens (tertiary/aromatic N) is 2. The fourth-order valence-corrected chi connectivity index (χ4v) is 4.71. The van der Waals surface area contributed by atoms with E-state index in [9.17, 15) is 8.42 Å². The number of nitrogens with one attached hydrogen (secondary N) is 2. The van der Waals surface area contributed by atoms with Crippen molar-refractivity contribution >= 4 is 10.0 Å². The summed E-state index contributed by atoms with van der Waals surface area (Å²) in [7, 11) is -1.26. The number of fused-ring (bicyclic) bond motifs is 2. The molecule has 0 saturated carbocycles. The van der Waals surface area contributed by atoms with E-state index in [1.165, 1.54) is 19.0 Å². The van der Waals surface area contributed by atoms with Crippen LogP contribution in [-0.2, 0) is 16.4 Å². The molecule has 2 N–H and O–H groups in total. The second kappa shape index (κ2) is 5.70. The number of rotatable bonds is 5. The van der Waals surface area contributed by atoms with Gasteiger partial charge in [0.05, 0.1) is 6.20 Å². The number of hydrogen-bond acceptors (Lipinski definition) is 4. The van der Waals surface area contributed by atoms with Gasteiger partial charge in [-0.25, -0.2) is 18.1 Å². The van der Waals surface area contributed by atoms with Crippen molar-refractivity contribution in [1.82, 2.24) is 19.6 Å². The predicted molar refractivity (Wildman–Crippen MR) is 80.5 cm³/mol. The third kappa shape index (κ3) is 3.00. The fourth-order valence-electron chi connectivity index (χ4n) is 3.66. The highest BCUT2D eigenvalue weighted by atomic mass is 32.2. The Morgan fingerprint density at radius 2 is 2.05 bits per heavy atom. The molecule has 2 aliphatic heterocycles. The minimum atomic E-state index is -3.46. The van der Waals surface area contributed by atoms with Gasteiger partial charge >= 0.3 is 0 Å². The molecule has 2 unspecified atom stereocenters. The lowest BCUT2D eigenvalue weighted by atomic mass is 9.91. The van der Waals surface area contributed by atoms with Crippen LogP contribution in [0.15, 0.2) is 11.2 Å². The molecule has 2 bridgehead atoms. The lowest BCUT2D eigenvalue weighted by Gasteiger charge is -2.36. The number of aromatic amines is 1. The van der Waals surface area contributed by atoms with E-state index in [1.54, 1.807) is 0 Å². The minimum absolute atomic E-state index is 0.176. The lowest BCUT2D eigenvalue weighted by Crippen LogP contribution is -2.43. The molecule has 118 valence electrons. The minimum Gasteiger partial charge on any atom is -0.332 e. The van der Waals surface area contributed by atoms with Crippen molar-refractivity contribution in [2.45, 2.75) is 56.1 Å². The second-order valence-electron chi connectivity index (χ2n) is 6.29. The van der Waals surface area contributed by atoms with E-state index >= 15 is 0 Å². The molecule has 0 amide bonds. The van der Waals surface area contributed by atoms with Gasteiger partial charge in [0.2, 0.25) is 0 Å². The topological polar surface area (TPSA) is 78.1 Å². The van der Waals surface area contributed by atoms with Crippen LogP contribution in [0.3, 0.4) is 0 Å². The Kier molecular flexibility index (Phi) is 4.07. The normalized spacial score (nSPS) is 29.9. The third-order valence-corrected chi connectivity index (χ3v) is 6.32. The Balaban J connectivity index is 1.60. The van der Waals surface area contributed by atoms with Crippen molar-refractivity contribution in [3.05, 3.63) is 12.0 Å². The lowest BCUT2D eigenvalue weighted by molar-refractivity contribution is 0.135. The molecule has 1 aromatic rings. The number of piperidine rings is 1. The largest absolute Gasteiger partial charge is 0.332 e. The maximum Gasteiger partial charge on any atom is 0.257 e. The van der Waals surface area contributed by atoms with Crippen molar-refractivity contribution in [1.29, 1.82) is 0 Å². The monoisotopic (exact) mass is 312 g/mol. The van der Waals surface area contributed by atoms with Crippen LogP contribution in [0.2, 0.25) is 0 Å². The van der Waals surface area contributed by atoms with Gasteiger partial charge in [0.1, 0.15) is 5.82 Å². The van der Waals surface area contributed by atoms with E-state index in [0.29, 0.717) is 36.8 Å². The highest BCUT2D eigenvalue weighted by Gasteiger charge is 2.38. The molecule has 2 fully saturated rings. The van der Waals surface area contributed by atoms with Crippen LogP contribution in [0.1, 0.15) is 38.4 Å². The summed E-state index contributed by atoms with van der Waals surface area (Å²) in [6, 6.07) is 1.27. The molecule has 1 aromatic heterocycles. The fraction of sp³-hybridized carbons (Fsp3) is 0.786. The molecule has 2 saturated heterocycles.